The normalized spacial score (nSPS) is 20.0. The van der Waals surface area contributed by atoms with E-state index < -0.39 is 13.7 Å². The minimum atomic E-state index is -2.27. The Bertz CT molecular complexity index is 2100. The number of benzene rings is 2. The minimum Gasteiger partial charge on any atom is -0.347 e. The number of halogens is 1. The number of carbonyl (C=O) groups excluding carboxylic acids is 2. The molecule has 8 nitrogen and oxygen atoms in total. The van der Waals surface area contributed by atoms with Gasteiger partial charge in [-0.15, -0.1) is 12.4 Å². The van der Waals surface area contributed by atoms with Crippen molar-refractivity contribution >= 4 is 45.8 Å². The van der Waals surface area contributed by atoms with Crippen LogP contribution in [-0.4, -0.2) is 39.8 Å². The van der Waals surface area contributed by atoms with Crippen molar-refractivity contribution in [3.05, 3.63) is 107 Å². The van der Waals surface area contributed by atoms with Gasteiger partial charge in [-0.25, -0.2) is 9.97 Å². The third-order valence-corrected chi connectivity index (χ3v) is 9.42. The monoisotopic (exact) mass is 628 g/mol. The van der Waals surface area contributed by atoms with E-state index in [9.17, 15) is 9.59 Å². The maximum absolute atomic E-state index is 13.1. The lowest BCUT2D eigenvalue weighted by Crippen LogP contribution is -2.27. The van der Waals surface area contributed by atoms with Gasteiger partial charge in [0, 0.05) is 116 Å². The maximum Gasteiger partial charge on any atom is 0.170 e. The Balaban J connectivity index is 0.000000172. The summed E-state index contributed by atoms with van der Waals surface area (Å²) >= 11 is 0. The number of nitrogens with zero attached hydrogens (tertiary/aromatic N) is 6. The van der Waals surface area contributed by atoms with E-state index in [1.165, 1.54) is 12.4 Å². The van der Waals surface area contributed by atoms with Crippen LogP contribution in [-0.2, 0) is 40.0 Å². The van der Waals surface area contributed by atoms with Gasteiger partial charge in [-0.3, -0.25) is 9.59 Å². The predicted molar refractivity (Wildman–Crippen MR) is 179 cm³/mol. The zero-order chi connectivity index (χ0) is 35.5. The van der Waals surface area contributed by atoms with Crippen molar-refractivity contribution in [2.24, 2.45) is 25.9 Å². The molecule has 8 rings (SSSR count). The first kappa shape index (κ1) is 23.9. The van der Waals surface area contributed by atoms with E-state index in [0.29, 0.717) is 25.9 Å². The molecule has 232 valence electrons. The van der Waals surface area contributed by atoms with Crippen molar-refractivity contribution in [3.63, 3.8) is 0 Å². The van der Waals surface area contributed by atoms with Crippen molar-refractivity contribution in [1.82, 2.24) is 28.2 Å². The summed E-state index contributed by atoms with van der Waals surface area (Å²) in [6.07, 6.45) is 9.32. The summed E-state index contributed by atoms with van der Waals surface area (Å²) in [5, 5.41) is 1.97. The molecule has 2 unspecified atom stereocenters. The summed E-state index contributed by atoms with van der Waals surface area (Å²) in [4.78, 5) is 34.2. The largest absolute Gasteiger partial charge is 0.347 e. The molecule has 0 fully saturated rings. The van der Waals surface area contributed by atoms with Gasteiger partial charge in [0.1, 0.15) is 11.6 Å². The van der Waals surface area contributed by atoms with Crippen LogP contribution in [0.4, 0.5) is 0 Å². The van der Waals surface area contributed by atoms with Gasteiger partial charge in [0.25, 0.3) is 0 Å². The fourth-order valence-electron chi connectivity index (χ4n) is 7.10. The molecule has 0 bridgehead atoms. The molecule has 0 N–H and O–H groups in total. The highest BCUT2D eigenvalue weighted by Gasteiger charge is 2.33. The molecule has 6 aromatic rings. The Kier molecular flexibility index (Phi) is 6.46. The highest BCUT2D eigenvalue weighted by molar-refractivity contribution is 6.12. The van der Waals surface area contributed by atoms with E-state index in [2.05, 4.69) is 19.1 Å². The molecule has 0 radical (unpaired) electrons. The summed E-state index contributed by atoms with van der Waals surface area (Å²) in [6, 6.07) is 15.9. The molecule has 0 aliphatic heterocycles. The molecule has 0 saturated heterocycles. The van der Waals surface area contributed by atoms with Crippen LogP contribution >= 0.6 is 12.4 Å². The molecule has 0 spiro atoms. The van der Waals surface area contributed by atoms with Gasteiger partial charge in [0.2, 0.25) is 0 Å². The van der Waals surface area contributed by atoms with E-state index in [1.807, 2.05) is 62.6 Å². The first-order valence-corrected chi connectivity index (χ1v) is 15.0. The standard InChI is InChI=1S/2C18H19N3O.ClH/c2*1-12-19-9-10-21(12)11-13-7-8-16-17(18(13)22)14-5-3-4-6-15(14)20(16)2;/h2*3-6,9-10,13H,7-8,11H2,1-2H3;1H/i2*1D3;. The minimum absolute atomic E-state index is 0. The van der Waals surface area contributed by atoms with Crippen LogP contribution in [0, 0.1) is 25.5 Å². The number of hydrogen-bond donors (Lipinski definition) is 0. The van der Waals surface area contributed by atoms with Gasteiger partial charge in [-0.05, 0) is 51.5 Å². The van der Waals surface area contributed by atoms with Gasteiger partial charge >= 0.3 is 0 Å². The number of ketones is 2. The van der Waals surface area contributed by atoms with Crippen LogP contribution in [0.3, 0.4) is 0 Å². The quantitative estimate of drug-likeness (QED) is 0.218. The number of rotatable bonds is 4. The lowest BCUT2D eigenvalue weighted by molar-refractivity contribution is 0.0880. The number of fused-ring (bicyclic) bond motifs is 6. The maximum atomic E-state index is 13.1. The Labute approximate surface area is 277 Å². The first-order chi connectivity index (χ1) is 23.8. The lowest BCUT2D eigenvalue weighted by atomic mass is 9.85. The SMILES string of the molecule is Cl.[2H]C([2H])([2H])c1nccn1CC1CCc2c(c3ccccc3n2C)C1=O.[2H]C([2H])([2H])c1nccn1CC1CCc2c(c3ccccc3n2C)C1=O. The number of Topliss-reactive ketones (excluding diaryl/α,β-unsaturated/α-hetero) is 2. The number of hydrogen-bond acceptors (Lipinski definition) is 4. The van der Waals surface area contributed by atoms with E-state index >= 15 is 0 Å². The molecular weight excluding hydrogens is 584 g/mol. The summed E-state index contributed by atoms with van der Waals surface area (Å²) in [5.41, 5.74) is 5.86. The zero-order valence-corrected chi connectivity index (χ0v) is 26.1. The van der Waals surface area contributed by atoms with E-state index in [4.69, 9.17) is 8.22 Å². The Hall–Kier alpha value is -4.43. The second kappa shape index (κ2) is 12.2. The molecule has 2 aliphatic rings. The van der Waals surface area contributed by atoms with Crippen LogP contribution in [0.5, 0.6) is 0 Å². The Morgan fingerprint density at radius 1 is 0.711 bits per heavy atom. The van der Waals surface area contributed by atoms with Gasteiger partial charge in [0.15, 0.2) is 11.6 Å². The van der Waals surface area contributed by atoms with Crippen molar-refractivity contribution in [3.8, 4) is 0 Å². The molecule has 9 heteroatoms. The summed E-state index contributed by atoms with van der Waals surface area (Å²) < 4.78 is 52.9. The number of imidazole rings is 2. The second-order valence-electron chi connectivity index (χ2n) is 11.8. The molecule has 2 aliphatic carbocycles. The molecule has 2 atom stereocenters. The number of para-hydroxylation sites is 2. The Morgan fingerprint density at radius 2 is 1.13 bits per heavy atom. The third kappa shape index (κ3) is 5.21. The fraction of sp³-hybridized carbons (Fsp3) is 0.333. The predicted octanol–water partition coefficient (Wildman–Crippen LogP) is 6.68. The number of carbonyl (C=O) groups is 2. The lowest BCUT2D eigenvalue weighted by Gasteiger charge is -2.23. The van der Waals surface area contributed by atoms with E-state index in [1.54, 1.807) is 21.5 Å². The molecule has 0 saturated carbocycles. The number of aryl methyl sites for hydroxylation is 4. The van der Waals surface area contributed by atoms with E-state index in [-0.39, 0.29) is 47.5 Å². The number of aromatic nitrogens is 6. The molecule has 45 heavy (non-hydrogen) atoms. The molecule has 4 heterocycles. The van der Waals surface area contributed by atoms with Gasteiger partial charge < -0.3 is 18.3 Å². The molecular formula is C36H39ClN6O2. The summed E-state index contributed by atoms with van der Waals surface area (Å²) in [7, 11) is 3.99. The first-order valence-electron chi connectivity index (χ1n) is 18.0. The Morgan fingerprint density at radius 3 is 1.56 bits per heavy atom. The average Bonchev–Trinajstić information content (AvgIpc) is 3.86. The smallest absolute Gasteiger partial charge is 0.170 e. The zero-order valence-electron chi connectivity index (χ0n) is 31.2. The fourth-order valence-corrected chi connectivity index (χ4v) is 7.10. The van der Waals surface area contributed by atoms with Crippen LogP contribution in [0.25, 0.3) is 21.8 Å². The van der Waals surface area contributed by atoms with Crippen LogP contribution < -0.4 is 0 Å². The van der Waals surface area contributed by atoms with Crippen LogP contribution in [0.1, 0.15) is 64.8 Å². The summed E-state index contributed by atoms with van der Waals surface area (Å²) in [5.74, 6) is -0.165. The van der Waals surface area contributed by atoms with Gasteiger partial charge in [0.05, 0.1) is 0 Å². The topological polar surface area (TPSA) is 79.6 Å². The van der Waals surface area contributed by atoms with Gasteiger partial charge in [-0.2, -0.15) is 0 Å². The highest BCUT2D eigenvalue weighted by Crippen LogP contribution is 2.35. The van der Waals surface area contributed by atoms with Crippen molar-refractivity contribution in [2.45, 2.75) is 52.5 Å². The van der Waals surface area contributed by atoms with Crippen molar-refractivity contribution in [1.29, 1.82) is 0 Å². The third-order valence-electron chi connectivity index (χ3n) is 9.42. The van der Waals surface area contributed by atoms with Crippen LogP contribution in [0.2, 0.25) is 0 Å². The van der Waals surface area contributed by atoms with Crippen molar-refractivity contribution in [2.75, 3.05) is 0 Å². The molecule has 4 aromatic heterocycles. The van der Waals surface area contributed by atoms with Gasteiger partial charge in [-0.1, -0.05) is 36.4 Å². The van der Waals surface area contributed by atoms with Crippen LogP contribution in [0.15, 0.2) is 73.3 Å². The van der Waals surface area contributed by atoms with E-state index in [0.717, 1.165) is 57.2 Å². The molecule has 0 amide bonds. The average molecular weight is 629 g/mol. The van der Waals surface area contributed by atoms with Crippen molar-refractivity contribution < 1.29 is 17.8 Å². The molecule has 2 aromatic carbocycles. The second-order valence-corrected chi connectivity index (χ2v) is 11.8. The summed E-state index contributed by atoms with van der Waals surface area (Å²) in [6.45, 7) is -3.83. The highest BCUT2D eigenvalue weighted by atomic mass is 35.5.